The first kappa shape index (κ1) is 23.4. The van der Waals surface area contributed by atoms with Crippen LogP contribution in [0.3, 0.4) is 0 Å². The maximum absolute atomic E-state index is 14.5. The molecule has 1 saturated heterocycles. The van der Waals surface area contributed by atoms with E-state index in [9.17, 15) is 13.2 Å². The smallest absolute Gasteiger partial charge is 0.162 e. The number of ether oxygens (including phenoxy) is 2. The van der Waals surface area contributed by atoms with Crippen molar-refractivity contribution in [1.82, 2.24) is 9.88 Å². The normalized spacial score (nSPS) is 15.2. The number of fused-ring (bicyclic) bond motifs is 1. The number of aromatic nitrogens is 1. The van der Waals surface area contributed by atoms with Crippen LogP contribution in [0.4, 0.5) is 13.2 Å². The molecule has 0 saturated carbocycles. The second-order valence-corrected chi connectivity index (χ2v) is 8.57. The van der Waals surface area contributed by atoms with Crippen LogP contribution in [0.5, 0.6) is 11.5 Å². The Hall–Kier alpha value is -2.80. The zero-order valence-corrected chi connectivity index (χ0v) is 18.8. The molecule has 0 amide bonds. The van der Waals surface area contributed by atoms with Gasteiger partial charge in [-0.2, -0.15) is 0 Å². The van der Waals surface area contributed by atoms with Gasteiger partial charge in [-0.05, 0) is 80.6 Å². The number of pyridine rings is 1. The topological polar surface area (TPSA) is 34.6 Å². The number of piperidine rings is 1. The highest BCUT2D eigenvalue weighted by molar-refractivity contribution is 5.83. The molecule has 2 heterocycles. The van der Waals surface area contributed by atoms with E-state index in [4.69, 9.17) is 9.47 Å². The van der Waals surface area contributed by atoms with E-state index in [2.05, 4.69) is 9.88 Å². The Morgan fingerprint density at radius 1 is 0.970 bits per heavy atom. The van der Waals surface area contributed by atoms with Gasteiger partial charge in [-0.15, -0.1) is 0 Å². The van der Waals surface area contributed by atoms with Gasteiger partial charge in [-0.3, -0.25) is 9.88 Å². The van der Waals surface area contributed by atoms with E-state index in [-0.39, 0.29) is 5.82 Å². The summed E-state index contributed by atoms with van der Waals surface area (Å²) in [6.45, 7) is 3.15. The maximum atomic E-state index is 14.5. The number of aryl methyl sites for hydroxylation is 1. The van der Waals surface area contributed by atoms with E-state index < -0.39 is 11.6 Å². The molecule has 0 spiro atoms. The number of nitrogens with zero attached hydrogens (tertiary/aromatic N) is 2. The Morgan fingerprint density at radius 3 is 2.52 bits per heavy atom. The molecule has 0 atom stereocenters. The molecule has 0 bridgehead atoms. The third-order valence-electron chi connectivity index (χ3n) is 6.45. The zero-order chi connectivity index (χ0) is 23.2. The number of hydrogen-bond acceptors (Lipinski definition) is 4. The first-order valence-electron chi connectivity index (χ1n) is 11.4. The third-order valence-corrected chi connectivity index (χ3v) is 6.45. The minimum atomic E-state index is -0.896. The van der Waals surface area contributed by atoms with Gasteiger partial charge in [-0.1, -0.05) is 6.42 Å². The molecule has 1 fully saturated rings. The van der Waals surface area contributed by atoms with Gasteiger partial charge >= 0.3 is 0 Å². The summed E-state index contributed by atoms with van der Waals surface area (Å²) in [5.74, 6) is -0.351. The van der Waals surface area contributed by atoms with Gasteiger partial charge in [0.25, 0.3) is 0 Å². The molecule has 3 aromatic rings. The largest absolute Gasteiger partial charge is 0.497 e. The average Bonchev–Trinajstić information content (AvgIpc) is 2.83. The van der Waals surface area contributed by atoms with Crippen LogP contribution >= 0.6 is 0 Å². The van der Waals surface area contributed by atoms with Crippen molar-refractivity contribution in [3.63, 3.8) is 0 Å². The molecule has 176 valence electrons. The summed E-state index contributed by atoms with van der Waals surface area (Å²) in [5, 5.41) is 0.824. The highest BCUT2D eigenvalue weighted by atomic mass is 19.2. The highest BCUT2D eigenvalue weighted by Crippen LogP contribution is 2.28. The molecule has 2 aromatic carbocycles. The standard InChI is InChI=1S/C26H29F3N2O2/c1-32-19-6-8-26-22(15-19)21(25(29)17-30-26)4-2-3-18-9-11-31(12-10-18)13-14-33-20-5-7-23(27)24(28)16-20/h5-8,15-18H,2-4,9-14H2,1H3. The van der Waals surface area contributed by atoms with Gasteiger partial charge in [0.05, 0.1) is 18.8 Å². The fraction of sp³-hybridized carbons (Fsp3) is 0.423. The first-order chi connectivity index (χ1) is 16.0. The van der Waals surface area contributed by atoms with Crippen molar-refractivity contribution < 1.29 is 22.6 Å². The maximum Gasteiger partial charge on any atom is 0.162 e. The van der Waals surface area contributed by atoms with Gasteiger partial charge in [0, 0.05) is 18.0 Å². The molecule has 33 heavy (non-hydrogen) atoms. The Bertz CT molecular complexity index is 1080. The molecule has 1 aliphatic rings. The van der Waals surface area contributed by atoms with Crippen LogP contribution in [-0.4, -0.2) is 43.2 Å². The van der Waals surface area contributed by atoms with Gasteiger partial charge in [0.1, 0.15) is 23.9 Å². The summed E-state index contributed by atoms with van der Waals surface area (Å²) in [7, 11) is 1.61. The minimum Gasteiger partial charge on any atom is -0.497 e. The van der Waals surface area contributed by atoms with Crippen LogP contribution in [0.1, 0.15) is 31.2 Å². The fourth-order valence-corrected chi connectivity index (χ4v) is 4.51. The van der Waals surface area contributed by atoms with Gasteiger partial charge in [0.2, 0.25) is 0 Å². The predicted molar refractivity (Wildman–Crippen MR) is 122 cm³/mol. The van der Waals surface area contributed by atoms with Crippen LogP contribution in [0.2, 0.25) is 0 Å². The molecule has 1 aromatic heterocycles. The molecular formula is C26H29F3N2O2. The van der Waals surface area contributed by atoms with Crippen molar-refractivity contribution in [3.05, 3.63) is 65.6 Å². The van der Waals surface area contributed by atoms with Crippen molar-refractivity contribution in [2.75, 3.05) is 33.4 Å². The van der Waals surface area contributed by atoms with Crippen LogP contribution in [0, 0.1) is 23.4 Å². The summed E-state index contributed by atoms with van der Waals surface area (Å²) >= 11 is 0. The number of hydrogen-bond donors (Lipinski definition) is 0. The minimum absolute atomic E-state index is 0.258. The summed E-state index contributed by atoms with van der Waals surface area (Å²) in [6, 6.07) is 9.16. The second-order valence-electron chi connectivity index (χ2n) is 8.57. The monoisotopic (exact) mass is 458 g/mol. The van der Waals surface area contributed by atoms with E-state index in [1.807, 2.05) is 18.2 Å². The van der Waals surface area contributed by atoms with E-state index in [0.717, 1.165) is 68.4 Å². The van der Waals surface area contributed by atoms with E-state index in [1.165, 1.54) is 12.3 Å². The third kappa shape index (κ3) is 5.96. The molecule has 1 aliphatic heterocycles. The van der Waals surface area contributed by atoms with Crippen molar-refractivity contribution in [2.45, 2.75) is 32.1 Å². The fourth-order valence-electron chi connectivity index (χ4n) is 4.51. The lowest BCUT2D eigenvalue weighted by molar-refractivity contribution is 0.150. The van der Waals surface area contributed by atoms with Crippen LogP contribution < -0.4 is 9.47 Å². The van der Waals surface area contributed by atoms with Crippen molar-refractivity contribution in [3.8, 4) is 11.5 Å². The Balaban J connectivity index is 1.21. The van der Waals surface area contributed by atoms with Gasteiger partial charge in [0.15, 0.2) is 11.6 Å². The Morgan fingerprint density at radius 2 is 1.76 bits per heavy atom. The number of rotatable bonds is 9. The predicted octanol–water partition coefficient (Wildman–Crippen LogP) is 5.77. The lowest BCUT2D eigenvalue weighted by Crippen LogP contribution is -2.36. The highest BCUT2D eigenvalue weighted by Gasteiger charge is 2.19. The molecule has 7 heteroatoms. The van der Waals surface area contributed by atoms with Crippen molar-refractivity contribution in [1.29, 1.82) is 0 Å². The Labute approximate surface area is 192 Å². The molecule has 0 radical (unpaired) electrons. The molecule has 4 rings (SSSR count). The quantitative estimate of drug-likeness (QED) is 0.408. The summed E-state index contributed by atoms with van der Waals surface area (Å²) in [5.41, 5.74) is 1.50. The van der Waals surface area contributed by atoms with E-state index in [1.54, 1.807) is 7.11 Å². The lowest BCUT2D eigenvalue weighted by Gasteiger charge is -2.31. The van der Waals surface area contributed by atoms with Gasteiger partial charge in [-0.25, -0.2) is 13.2 Å². The zero-order valence-electron chi connectivity index (χ0n) is 18.8. The summed E-state index contributed by atoms with van der Waals surface area (Å²) in [6.07, 6.45) is 6.17. The first-order valence-corrected chi connectivity index (χ1v) is 11.4. The number of likely N-dealkylation sites (tertiary alicyclic amines) is 1. The molecule has 4 nitrogen and oxygen atoms in total. The SMILES string of the molecule is COc1ccc2ncc(F)c(CCCC3CCN(CCOc4ccc(F)c(F)c4)CC3)c2c1. The molecule has 0 unspecified atom stereocenters. The summed E-state index contributed by atoms with van der Waals surface area (Å²) in [4.78, 5) is 6.53. The number of methoxy groups -OCH3 is 1. The molecule has 0 N–H and O–H groups in total. The lowest BCUT2D eigenvalue weighted by atomic mass is 9.90. The van der Waals surface area contributed by atoms with Crippen LogP contribution in [-0.2, 0) is 6.42 Å². The van der Waals surface area contributed by atoms with Crippen molar-refractivity contribution >= 4 is 10.9 Å². The molecule has 0 aliphatic carbocycles. The van der Waals surface area contributed by atoms with Crippen LogP contribution in [0.15, 0.2) is 42.6 Å². The van der Waals surface area contributed by atoms with Gasteiger partial charge < -0.3 is 9.47 Å². The number of halogens is 3. The second kappa shape index (κ2) is 10.9. The van der Waals surface area contributed by atoms with E-state index in [0.29, 0.717) is 36.0 Å². The van der Waals surface area contributed by atoms with Crippen LogP contribution in [0.25, 0.3) is 10.9 Å². The Kier molecular flexibility index (Phi) is 7.70. The van der Waals surface area contributed by atoms with E-state index >= 15 is 0 Å². The summed E-state index contributed by atoms with van der Waals surface area (Å²) < 4.78 is 51.6. The number of benzene rings is 2. The average molecular weight is 459 g/mol. The molecular weight excluding hydrogens is 429 g/mol. The van der Waals surface area contributed by atoms with Crippen molar-refractivity contribution in [2.24, 2.45) is 5.92 Å².